The second-order valence-electron chi connectivity index (χ2n) is 4.77. The standard InChI is InChI=1S/C16H14N2O6/c19-14-6-4-11(9-15(14)20)5-7-16(21)17-13-3-1-2-12(8-13)10-24-18(22)23/h1-9,19-20H,10H2,(H,17,21). The van der Waals surface area contributed by atoms with Crippen LogP contribution in [-0.4, -0.2) is 21.2 Å². The van der Waals surface area contributed by atoms with E-state index in [9.17, 15) is 25.1 Å². The third-order valence-electron chi connectivity index (χ3n) is 2.96. The van der Waals surface area contributed by atoms with Crippen LogP contribution in [0.2, 0.25) is 0 Å². The first-order valence-corrected chi connectivity index (χ1v) is 6.81. The normalized spacial score (nSPS) is 10.5. The molecule has 3 N–H and O–H groups in total. The number of nitrogens with one attached hydrogen (secondary N) is 1. The fourth-order valence-electron chi connectivity index (χ4n) is 1.87. The summed E-state index contributed by atoms with van der Waals surface area (Å²) in [7, 11) is 0. The minimum absolute atomic E-state index is 0.209. The quantitative estimate of drug-likeness (QED) is 0.324. The fourth-order valence-corrected chi connectivity index (χ4v) is 1.87. The molecule has 24 heavy (non-hydrogen) atoms. The molecule has 0 atom stereocenters. The maximum Gasteiger partial charge on any atom is 0.294 e. The van der Waals surface area contributed by atoms with Crippen LogP contribution in [0.3, 0.4) is 0 Å². The van der Waals surface area contributed by atoms with E-state index in [1.807, 2.05) is 0 Å². The number of carbonyl (C=O) groups excluding carboxylic acids is 1. The summed E-state index contributed by atoms with van der Waals surface area (Å²) < 4.78 is 0. The molecule has 1 amide bonds. The van der Waals surface area contributed by atoms with Crippen LogP contribution >= 0.6 is 0 Å². The van der Waals surface area contributed by atoms with E-state index in [4.69, 9.17) is 0 Å². The maximum atomic E-state index is 11.9. The summed E-state index contributed by atoms with van der Waals surface area (Å²) in [6, 6.07) is 10.6. The highest BCUT2D eigenvalue weighted by Crippen LogP contribution is 2.25. The Labute approximate surface area is 136 Å². The van der Waals surface area contributed by atoms with Crippen LogP contribution in [-0.2, 0) is 16.2 Å². The van der Waals surface area contributed by atoms with Gasteiger partial charge < -0.3 is 20.4 Å². The Bertz CT molecular complexity index is 788. The maximum absolute atomic E-state index is 11.9. The number of hydrogen-bond acceptors (Lipinski definition) is 6. The second kappa shape index (κ2) is 7.63. The molecule has 2 aromatic rings. The van der Waals surface area contributed by atoms with Crippen molar-refractivity contribution in [1.29, 1.82) is 0 Å². The van der Waals surface area contributed by atoms with Crippen molar-refractivity contribution in [2.24, 2.45) is 0 Å². The molecule has 0 saturated heterocycles. The van der Waals surface area contributed by atoms with E-state index < -0.39 is 11.0 Å². The molecule has 0 saturated carbocycles. The summed E-state index contributed by atoms with van der Waals surface area (Å²) in [6.07, 6.45) is 2.72. The lowest BCUT2D eigenvalue weighted by Gasteiger charge is -2.05. The summed E-state index contributed by atoms with van der Waals surface area (Å²) in [5, 5.41) is 30.5. The Kier molecular flexibility index (Phi) is 5.35. The topological polar surface area (TPSA) is 122 Å². The summed E-state index contributed by atoms with van der Waals surface area (Å²) in [6.45, 7) is -0.209. The smallest absolute Gasteiger partial charge is 0.294 e. The van der Waals surface area contributed by atoms with Crippen molar-refractivity contribution in [3.8, 4) is 11.5 Å². The molecule has 0 spiro atoms. The summed E-state index contributed by atoms with van der Waals surface area (Å²) in [5.74, 6) is -0.948. The zero-order chi connectivity index (χ0) is 17.5. The molecule has 0 bridgehead atoms. The van der Waals surface area contributed by atoms with Gasteiger partial charge in [0, 0.05) is 11.8 Å². The van der Waals surface area contributed by atoms with Crippen molar-refractivity contribution in [1.82, 2.24) is 0 Å². The highest BCUT2D eigenvalue weighted by molar-refractivity contribution is 6.02. The molecule has 0 unspecified atom stereocenters. The van der Waals surface area contributed by atoms with E-state index in [2.05, 4.69) is 10.2 Å². The van der Waals surface area contributed by atoms with Crippen LogP contribution in [0, 0.1) is 10.1 Å². The molecule has 0 radical (unpaired) electrons. The number of nitrogens with zero attached hydrogens (tertiary/aromatic N) is 1. The Hall–Kier alpha value is -3.55. The highest BCUT2D eigenvalue weighted by Gasteiger charge is 2.03. The summed E-state index contributed by atoms with van der Waals surface area (Å²) in [4.78, 5) is 26.3. The van der Waals surface area contributed by atoms with Crippen molar-refractivity contribution in [3.63, 3.8) is 0 Å². The summed E-state index contributed by atoms with van der Waals surface area (Å²) >= 11 is 0. The van der Waals surface area contributed by atoms with Crippen LogP contribution in [0.1, 0.15) is 11.1 Å². The first kappa shape index (κ1) is 16.8. The van der Waals surface area contributed by atoms with Gasteiger partial charge in [0.2, 0.25) is 5.91 Å². The number of phenols is 2. The van der Waals surface area contributed by atoms with Gasteiger partial charge in [-0.05, 0) is 41.5 Å². The van der Waals surface area contributed by atoms with Gasteiger partial charge in [0.15, 0.2) is 11.5 Å². The Morgan fingerprint density at radius 3 is 2.71 bits per heavy atom. The van der Waals surface area contributed by atoms with Gasteiger partial charge >= 0.3 is 0 Å². The number of amides is 1. The number of hydrogen-bond donors (Lipinski definition) is 3. The molecule has 8 heteroatoms. The van der Waals surface area contributed by atoms with Gasteiger partial charge in [0.1, 0.15) is 6.61 Å². The van der Waals surface area contributed by atoms with Crippen LogP contribution in [0.4, 0.5) is 5.69 Å². The van der Waals surface area contributed by atoms with Gasteiger partial charge in [-0.3, -0.25) is 4.79 Å². The van der Waals surface area contributed by atoms with Crippen molar-refractivity contribution in [2.45, 2.75) is 6.61 Å². The Morgan fingerprint density at radius 2 is 2.00 bits per heavy atom. The van der Waals surface area contributed by atoms with Crippen LogP contribution < -0.4 is 5.32 Å². The fraction of sp³-hybridized carbons (Fsp3) is 0.0625. The first-order chi connectivity index (χ1) is 11.4. The van der Waals surface area contributed by atoms with E-state index in [0.717, 1.165) is 0 Å². The molecule has 0 aliphatic rings. The molecular formula is C16H14N2O6. The number of benzene rings is 2. The zero-order valence-corrected chi connectivity index (χ0v) is 12.4. The van der Waals surface area contributed by atoms with Crippen molar-refractivity contribution in [2.75, 3.05) is 5.32 Å². The molecular weight excluding hydrogens is 316 g/mol. The minimum atomic E-state index is -0.888. The monoisotopic (exact) mass is 330 g/mol. The van der Waals surface area contributed by atoms with E-state index in [1.165, 1.54) is 30.4 Å². The van der Waals surface area contributed by atoms with E-state index in [0.29, 0.717) is 16.8 Å². The van der Waals surface area contributed by atoms with Crippen LogP contribution in [0.5, 0.6) is 11.5 Å². The molecule has 8 nitrogen and oxygen atoms in total. The highest BCUT2D eigenvalue weighted by atomic mass is 16.9. The zero-order valence-electron chi connectivity index (χ0n) is 12.4. The predicted molar refractivity (Wildman–Crippen MR) is 85.7 cm³/mol. The van der Waals surface area contributed by atoms with E-state index in [1.54, 1.807) is 24.3 Å². The first-order valence-electron chi connectivity index (χ1n) is 6.81. The second-order valence-corrected chi connectivity index (χ2v) is 4.77. The van der Waals surface area contributed by atoms with Gasteiger partial charge in [-0.15, -0.1) is 10.1 Å². The molecule has 0 heterocycles. The van der Waals surface area contributed by atoms with E-state index in [-0.39, 0.29) is 18.1 Å². The lowest BCUT2D eigenvalue weighted by Crippen LogP contribution is -2.08. The van der Waals surface area contributed by atoms with Gasteiger partial charge in [0.05, 0.1) is 0 Å². The SMILES string of the molecule is O=C(C=Cc1ccc(O)c(O)c1)Nc1cccc(CO[N+](=O)[O-])c1. The van der Waals surface area contributed by atoms with Gasteiger partial charge in [0.25, 0.3) is 5.09 Å². The van der Waals surface area contributed by atoms with Crippen molar-refractivity contribution < 1.29 is 24.9 Å². The Balaban J connectivity index is 1.98. The number of phenolic OH excluding ortho intramolecular Hbond substituents is 2. The number of anilines is 1. The molecule has 2 aromatic carbocycles. The molecule has 124 valence electrons. The molecule has 0 fully saturated rings. The Morgan fingerprint density at radius 1 is 1.21 bits per heavy atom. The van der Waals surface area contributed by atoms with Crippen molar-refractivity contribution in [3.05, 3.63) is 69.8 Å². The molecule has 2 rings (SSSR count). The third-order valence-corrected chi connectivity index (χ3v) is 2.96. The minimum Gasteiger partial charge on any atom is -0.504 e. The predicted octanol–water partition coefficient (Wildman–Crippen LogP) is 2.46. The molecule has 0 aliphatic carbocycles. The average Bonchev–Trinajstić information content (AvgIpc) is 2.54. The molecule has 0 aliphatic heterocycles. The van der Waals surface area contributed by atoms with Crippen molar-refractivity contribution >= 4 is 17.7 Å². The lowest BCUT2D eigenvalue weighted by atomic mass is 10.2. The van der Waals surface area contributed by atoms with Gasteiger partial charge in [-0.2, -0.15) is 0 Å². The van der Waals surface area contributed by atoms with Gasteiger partial charge in [-0.25, -0.2) is 0 Å². The lowest BCUT2D eigenvalue weighted by molar-refractivity contribution is -0.763. The summed E-state index contributed by atoms with van der Waals surface area (Å²) in [5.41, 5.74) is 1.54. The third kappa shape index (κ3) is 5.02. The average molecular weight is 330 g/mol. The van der Waals surface area contributed by atoms with Gasteiger partial charge in [-0.1, -0.05) is 18.2 Å². The largest absolute Gasteiger partial charge is 0.504 e. The number of aromatic hydroxyl groups is 2. The number of rotatable bonds is 6. The van der Waals surface area contributed by atoms with Crippen LogP contribution in [0.15, 0.2) is 48.5 Å². The van der Waals surface area contributed by atoms with Crippen LogP contribution in [0.25, 0.3) is 6.08 Å². The van der Waals surface area contributed by atoms with E-state index >= 15 is 0 Å². The molecule has 0 aromatic heterocycles. The number of carbonyl (C=O) groups is 1.